The van der Waals surface area contributed by atoms with E-state index in [9.17, 15) is 9.18 Å². The fraction of sp³-hybridized carbons (Fsp3) is 0.278. The predicted molar refractivity (Wildman–Crippen MR) is 93.7 cm³/mol. The van der Waals surface area contributed by atoms with Gasteiger partial charge in [-0.15, -0.1) is 11.8 Å². The quantitative estimate of drug-likeness (QED) is 0.855. The SMILES string of the molecule is COc1ccc(F)cc1CSCC(=O)Nc1cc(C)cc(C)c1. The first-order chi connectivity index (χ1) is 11.0. The first kappa shape index (κ1) is 17.3. The van der Waals surface area contributed by atoms with Crippen LogP contribution in [0.25, 0.3) is 0 Å². The molecule has 2 aromatic carbocycles. The lowest BCUT2D eigenvalue weighted by atomic mass is 10.1. The van der Waals surface area contributed by atoms with Crippen LogP contribution in [0.5, 0.6) is 5.75 Å². The molecule has 0 aliphatic heterocycles. The average molecular weight is 333 g/mol. The maximum atomic E-state index is 13.3. The number of carbonyl (C=O) groups is 1. The molecule has 0 spiro atoms. The van der Waals surface area contributed by atoms with Crippen LogP contribution in [-0.2, 0) is 10.5 Å². The van der Waals surface area contributed by atoms with Crippen molar-refractivity contribution in [3.63, 3.8) is 0 Å². The third-order valence-electron chi connectivity index (χ3n) is 3.24. The van der Waals surface area contributed by atoms with E-state index < -0.39 is 0 Å². The maximum absolute atomic E-state index is 13.3. The largest absolute Gasteiger partial charge is 0.496 e. The zero-order chi connectivity index (χ0) is 16.8. The highest BCUT2D eigenvalue weighted by atomic mass is 32.2. The van der Waals surface area contributed by atoms with Crippen molar-refractivity contribution in [1.29, 1.82) is 0 Å². The topological polar surface area (TPSA) is 38.3 Å². The summed E-state index contributed by atoms with van der Waals surface area (Å²) in [6.45, 7) is 3.99. The van der Waals surface area contributed by atoms with Crippen LogP contribution >= 0.6 is 11.8 Å². The maximum Gasteiger partial charge on any atom is 0.234 e. The number of methoxy groups -OCH3 is 1. The Balaban J connectivity index is 1.89. The van der Waals surface area contributed by atoms with Gasteiger partial charge in [0.1, 0.15) is 11.6 Å². The molecule has 1 amide bonds. The van der Waals surface area contributed by atoms with Gasteiger partial charge in [-0.05, 0) is 55.3 Å². The number of halogens is 1. The number of thioether (sulfide) groups is 1. The third kappa shape index (κ3) is 5.28. The van der Waals surface area contributed by atoms with Crippen LogP contribution in [0, 0.1) is 19.7 Å². The Morgan fingerprint density at radius 2 is 1.87 bits per heavy atom. The molecule has 0 saturated heterocycles. The molecular weight excluding hydrogens is 313 g/mol. The molecule has 122 valence electrons. The molecule has 0 aliphatic carbocycles. The molecule has 23 heavy (non-hydrogen) atoms. The van der Waals surface area contributed by atoms with E-state index in [4.69, 9.17) is 4.74 Å². The molecule has 0 radical (unpaired) electrons. The van der Waals surface area contributed by atoms with Crippen LogP contribution in [0.3, 0.4) is 0 Å². The van der Waals surface area contributed by atoms with E-state index in [1.165, 1.54) is 23.9 Å². The van der Waals surface area contributed by atoms with Crippen molar-refractivity contribution < 1.29 is 13.9 Å². The lowest BCUT2D eigenvalue weighted by Gasteiger charge is -2.09. The number of aryl methyl sites for hydroxylation is 2. The first-order valence-electron chi connectivity index (χ1n) is 7.26. The van der Waals surface area contributed by atoms with Gasteiger partial charge in [-0.2, -0.15) is 0 Å². The van der Waals surface area contributed by atoms with Crippen molar-refractivity contribution in [1.82, 2.24) is 0 Å². The Morgan fingerprint density at radius 1 is 1.17 bits per heavy atom. The Morgan fingerprint density at radius 3 is 2.52 bits per heavy atom. The van der Waals surface area contributed by atoms with Crippen LogP contribution in [0.4, 0.5) is 10.1 Å². The van der Waals surface area contributed by atoms with Crippen molar-refractivity contribution in [2.75, 3.05) is 18.2 Å². The van der Waals surface area contributed by atoms with Crippen LogP contribution in [-0.4, -0.2) is 18.8 Å². The van der Waals surface area contributed by atoms with Crippen molar-refractivity contribution in [3.8, 4) is 5.75 Å². The van der Waals surface area contributed by atoms with E-state index in [1.54, 1.807) is 13.2 Å². The standard InChI is InChI=1S/C18H20FNO2S/c1-12-6-13(2)8-16(7-12)20-18(21)11-23-10-14-9-15(19)4-5-17(14)22-3/h4-9H,10-11H2,1-3H3,(H,20,21). The number of rotatable bonds is 6. The highest BCUT2D eigenvalue weighted by Gasteiger charge is 2.08. The molecule has 1 N–H and O–H groups in total. The van der Waals surface area contributed by atoms with Gasteiger partial charge < -0.3 is 10.1 Å². The molecule has 5 heteroatoms. The average Bonchev–Trinajstić information content (AvgIpc) is 2.46. The van der Waals surface area contributed by atoms with Gasteiger partial charge in [0.25, 0.3) is 0 Å². The summed E-state index contributed by atoms with van der Waals surface area (Å²) < 4.78 is 18.5. The fourth-order valence-corrected chi connectivity index (χ4v) is 3.16. The number of amides is 1. The summed E-state index contributed by atoms with van der Waals surface area (Å²) in [5.41, 5.74) is 3.77. The van der Waals surface area contributed by atoms with Crippen molar-refractivity contribution in [2.45, 2.75) is 19.6 Å². The Kier molecular flexibility index (Phi) is 6.04. The third-order valence-corrected chi connectivity index (χ3v) is 4.22. The minimum Gasteiger partial charge on any atom is -0.496 e. The molecule has 2 rings (SSSR count). The summed E-state index contributed by atoms with van der Waals surface area (Å²) in [6.07, 6.45) is 0. The number of carbonyl (C=O) groups excluding carboxylic acids is 1. The van der Waals surface area contributed by atoms with Crippen LogP contribution < -0.4 is 10.1 Å². The Bertz CT molecular complexity index is 683. The van der Waals surface area contributed by atoms with Gasteiger partial charge in [0.2, 0.25) is 5.91 Å². The summed E-state index contributed by atoms with van der Waals surface area (Å²) in [4.78, 5) is 12.0. The molecule has 0 bridgehead atoms. The summed E-state index contributed by atoms with van der Waals surface area (Å²) >= 11 is 1.42. The molecule has 3 nitrogen and oxygen atoms in total. The summed E-state index contributed by atoms with van der Waals surface area (Å²) in [5.74, 6) is 1.07. The van der Waals surface area contributed by atoms with Gasteiger partial charge >= 0.3 is 0 Å². The van der Waals surface area contributed by atoms with Gasteiger partial charge in [-0.25, -0.2) is 4.39 Å². The molecule has 0 aromatic heterocycles. The zero-order valence-electron chi connectivity index (χ0n) is 13.5. The second-order valence-corrected chi connectivity index (χ2v) is 6.36. The summed E-state index contributed by atoms with van der Waals surface area (Å²) in [7, 11) is 1.55. The smallest absolute Gasteiger partial charge is 0.234 e. The fourth-order valence-electron chi connectivity index (χ4n) is 2.36. The zero-order valence-corrected chi connectivity index (χ0v) is 14.3. The summed E-state index contributed by atoms with van der Waals surface area (Å²) in [5, 5.41) is 2.88. The van der Waals surface area contributed by atoms with Crippen molar-refractivity contribution >= 4 is 23.4 Å². The minimum absolute atomic E-state index is 0.0737. The lowest BCUT2D eigenvalue weighted by Crippen LogP contribution is -2.14. The lowest BCUT2D eigenvalue weighted by molar-refractivity contribution is -0.113. The van der Waals surface area contributed by atoms with Gasteiger partial charge in [0, 0.05) is 17.0 Å². The molecular formula is C18H20FNO2S. The number of nitrogens with one attached hydrogen (secondary N) is 1. The van der Waals surface area contributed by atoms with Crippen molar-refractivity contribution in [3.05, 3.63) is 58.9 Å². The number of benzene rings is 2. The number of hydrogen-bond donors (Lipinski definition) is 1. The van der Waals surface area contributed by atoms with Crippen LogP contribution in [0.1, 0.15) is 16.7 Å². The predicted octanol–water partition coefficient (Wildman–Crippen LogP) is 4.32. The minimum atomic E-state index is -0.305. The molecule has 0 heterocycles. The van der Waals surface area contributed by atoms with E-state index in [2.05, 4.69) is 11.4 Å². The van der Waals surface area contributed by atoms with E-state index >= 15 is 0 Å². The van der Waals surface area contributed by atoms with Gasteiger partial charge in [0.15, 0.2) is 0 Å². The normalized spacial score (nSPS) is 10.4. The van der Waals surface area contributed by atoms with E-state index in [1.807, 2.05) is 26.0 Å². The molecule has 0 unspecified atom stereocenters. The van der Waals surface area contributed by atoms with Crippen LogP contribution in [0.15, 0.2) is 36.4 Å². The molecule has 2 aromatic rings. The number of hydrogen-bond acceptors (Lipinski definition) is 3. The van der Waals surface area contributed by atoms with Gasteiger partial charge in [-0.3, -0.25) is 4.79 Å². The Labute approximate surface area is 140 Å². The van der Waals surface area contributed by atoms with Gasteiger partial charge in [0.05, 0.1) is 12.9 Å². The summed E-state index contributed by atoms with van der Waals surface area (Å²) in [6, 6.07) is 10.3. The number of anilines is 1. The van der Waals surface area contributed by atoms with Gasteiger partial charge in [-0.1, -0.05) is 6.07 Å². The Hall–Kier alpha value is -2.01. The van der Waals surface area contributed by atoms with E-state index in [0.29, 0.717) is 17.3 Å². The monoisotopic (exact) mass is 333 g/mol. The highest BCUT2D eigenvalue weighted by molar-refractivity contribution is 7.99. The van der Waals surface area contributed by atoms with Crippen molar-refractivity contribution in [2.24, 2.45) is 0 Å². The molecule has 0 atom stereocenters. The molecule has 0 fully saturated rings. The van der Waals surface area contributed by atoms with E-state index in [-0.39, 0.29) is 11.7 Å². The van der Waals surface area contributed by atoms with E-state index in [0.717, 1.165) is 22.4 Å². The highest BCUT2D eigenvalue weighted by Crippen LogP contribution is 2.24. The molecule has 0 aliphatic rings. The van der Waals surface area contributed by atoms with Crippen LogP contribution in [0.2, 0.25) is 0 Å². The second-order valence-electron chi connectivity index (χ2n) is 5.37. The second kappa shape index (κ2) is 8.02. The first-order valence-corrected chi connectivity index (χ1v) is 8.41. The number of ether oxygens (including phenoxy) is 1. The molecule has 0 saturated carbocycles.